The predicted molar refractivity (Wildman–Crippen MR) is 68.6 cm³/mol. The molecule has 1 fully saturated rings. The van der Waals surface area contributed by atoms with Crippen molar-refractivity contribution >= 4 is 5.91 Å². The summed E-state index contributed by atoms with van der Waals surface area (Å²) in [6.07, 6.45) is 5.24. The number of unbranched alkanes of at least 4 members (excludes halogenated alkanes) is 1. The maximum Gasteiger partial charge on any atom is 0.236 e. The summed E-state index contributed by atoms with van der Waals surface area (Å²) >= 11 is 0. The summed E-state index contributed by atoms with van der Waals surface area (Å²) in [6.45, 7) is 5.75. The van der Waals surface area contributed by atoms with Crippen LogP contribution < -0.4 is 11.1 Å². The van der Waals surface area contributed by atoms with Crippen molar-refractivity contribution in [1.82, 2.24) is 5.32 Å². The van der Waals surface area contributed by atoms with E-state index in [4.69, 9.17) is 10.5 Å². The molecule has 0 spiro atoms. The Hall–Kier alpha value is -0.610. The summed E-state index contributed by atoms with van der Waals surface area (Å²) in [4.78, 5) is 11.7. The molecular weight excluding hydrogens is 216 g/mol. The van der Waals surface area contributed by atoms with Crippen molar-refractivity contribution in [2.45, 2.75) is 58.1 Å². The van der Waals surface area contributed by atoms with Gasteiger partial charge in [0.15, 0.2) is 0 Å². The van der Waals surface area contributed by atoms with Crippen molar-refractivity contribution in [1.29, 1.82) is 0 Å². The highest BCUT2D eigenvalue weighted by Crippen LogP contribution is 2.22. The summed E-state index contributed by atoms with van der Waals surface area (Å²) < 4.78 is 5.59. The number of nitrogens with one attached hydrogen (secondary N) is 1. The number of rotatable bonds is 7. The summed E-state index contributed by atoms with van der Waals surface area (Å²) in [6, 6.07) is -0.350. The molecule has 3 unspecified atom stereocenters. The highest BCUT2D eigenvalue weighted by Gasteiger charge is 2.27. The Bertz CT molecular complexity index is 233. The smallest absolute Gasteiger partial charge is 0.236 e. The first kappa shape index (κ1) is 14.5. The Morgan fingerprint density at radius 3 is 2.94 bits per heavy atom. The first-order valence-electron chi connectivity index (χ1n) is 6.83. The van der Waals surface area contributed by atoms with Crippen LogP contribution in [0, 0.1) is 5.92 Å². The SMILES string of the molecule is CCCCC(N)C(=O)NCC1CCOC1CC. The van der Waals surface area contributed by atoms with E-state index < -0.39 is 0 Å². The Labute approximate surface area is 104 Å². The average molecular weight is 242 g/mol. The van der Waals surface area contributed by atoms with Crippen LogP contribution in [0.3, 0.4) is 0 Å². The average Bonchev–Trinajstić information content (AvgIpc) is 2.80. The van der Waals surface area contributed by atoms with Gasteiger partial charge in [-0.15, -0.1) is 0 Å². The number of hydrogen-bond donors (Lipinski definition) is 2. The largest absolute Gasteiger partial charge is 0.378 e. The predicted octanol–water partition coefficient (Wildman–Crippen LogP) is 1.44. The number of carbonyl (C=O) groups excluding carboxylic acids is 1. The van der Waals surface area contributed by atoms with Gasteiger partial charge in [-0.1, -0.05) is 26.7 Å². The van der Waals surface area contributed by atoms with Gasteiger partial charge in [-0.05, 0) is 19.3 Å². The highest BCUT2D eigenvalue weighted by molar-refractivity contribution is 5.81. The molecule has 17 heavy (non-hydrogen) atoms. The van der Waals surface area contributed by atoms with Crippen LogP contribution in [-0.4, -0.2) is 31.2 Å². The maximum absolute atomic E-state index is 11.7. The fourth-order valence-electron chi connectivity index (χ4n) is 2.30. The molecule has 1 aliphatic heterocycles. The number of carbonyl (C=O) groups is 1. The Kier molecular flexibility index (Phi) is 6.52. The molecule has 1 rings (SSSR count). The van der Waals surface area contributed by atoms with Crippen molar-refractivity contribution in [3.63, 3.8) is 0 Å². The molecule has 3 N–H and O–H groups in total. The first-order chi connectivity index (χ1) is 8.19. The van der Waals surface area contributed by atoms with Crippen LogP contribution >= 0.6 is 0 Å². The molecule has 1 heterocycles. The van der Waals surface area contributed by atoms with Gasteiger partial charge in [-0.2, -0.15) is 0 Å². The lowest BCUT2D eigenvalue weighted by molar-refractivity contribution is -0.122. The molecule has 4 nitrogen and oxygen atoms in total. The molecule has 0 aliphatic carbocycles. The van der Waals surface area contributed by atoms with Crippen molar-refractivity contribution in [3.05, 3.63) is 0 Å². The Morgan fingerprint density at radius 2 is 2.29 bits per heavy atom. The minimum absolute atomic E-state index is 0.0137. The zero-order valence-electron chi connectivity index (χ0n) is 11.1. The molecule has 1 aliphatic rings. The quantitative estimate of drug-likeness (QED) is 0.710. The van der Waals surface area contributed by atoms with Gasteiger partial charge in [0.25, 0.3) is 0 Å². The molecule has 1 saturated heterocycles. The number of nitrogens with two attached hydrogens (primary N) is 1. The second kappa shape index (κ2) is 7.67. The molecule has 3 atom stereocenters. The fraction of sp³-hybridized carbons (Fsp3) is 0.923. The van der Waals surface area contributed by atoms with Gasteiger partial charge in [-0.3, -0.25) is 4.79 Å². The molecule has 4 heteroatoms. The van der Waals surface area contributed by atoms with Crippen LogP contribution in [0.5, 0.6) is 0 Å². The van der Waals surface area contributed by atoms with Gasteiger partial charge >= 0.3 is 0 Å². The lowest BCUT2D eigenvalue weighted by Gasteiger charge is -2.18. The number of ether oxygens (including phenoxy) is 1. The van der Waals surface area contributed by atoms with Crippen molar-refractivity contribution in [2.24, 2.45) is 11.7 Å². The van der Waals surface area contributed by atoms with Crippen molar-refractivity contribution in [3.8, 4) is 0 Å². The van der Waals surface area contributed by atoms with E-state index in [0.717, 1.165) is 38.7 Å². The molecule has 100 valence electrons. The van der Waals surface area contributed by atoms with Gasteiger partial charge in [0.2, 0.25) is 5.91 Å². The second-order valence-corrected chi connectivity index (χ2v) is 4.86. The topological polar surface area (TPSA) is 64.4 Å². The third-order valence-corrected chi connectivity index (χ3v) is 3.49. The molecule has 0 aromatic carbocycles. The molecule has 0 aromatic heterocycles. The van der Waals surface area contributed by atoms with E-state index in [1.54, 1.807) is 0 Å². The minimum Gasteiger partial charge on any atom is -0.378 e. The summed E-state index contributed by atoms with van der Waals surface area (Å²) in [5.41, 5.74) is 5.81. The first-order valence-corrected chi connectivity index (χ1v) is 6.83. The van der Waals surface area contributed by atoms with Crippen LogP contribution in [0.15, 0.2) is 0 Å². The normalized spacial score (nSPS) is 25.8. The summed E-state index contributed by atoms with van der Waals surface area (Å²) in [5.74, 6) is 0.447. The molecule has 0 radical (unpaired) electrons. The van der Waals surface area contributed by atoms with E-state index in [9.17, 15) is 4.79 Å². The van der Waals surface area contributed by atoms with Gasteiger partial charge in [0.1, 0.15) is 0 Å². The third kappa shape index (κ3) is 4.64. The lowest BCUT2D eigenvalue weighted by Crippen LogP contribution is -2.43. The molecular formula is C13H26N2O2. The minimum atomic E-state index is -0.350. The Morgan fingerprint density at radius 1 is 1.53 bits per heavy atom. The molecule has 1 amide bonds. The van der Waals surface area contributed by atoms with Crippen LogP contribution in [0.1, 0.15) is 46.0 Å². The molecule has 0 aromatic rings. The fourth-order valence-corrected chi connectivity index (χ4v) is 2.30. The van der Waals surface area contributed by atoms with Gasteiger partial charge in [0.05, 0.1) is 12.1 Å². The van der Waals surface area contributed by atoms with Crippen LogP contribution in [-0.2, 0) is 9.53 Å². The van der Waals surface area contributed by atoms with Gasteiger partial charge in [-0.25, -0.2) is 0 Å². The zero-order valence-corrected chi connectivity index (χ0v) is 11.1. The van der Waals surface area contributed by atoms with Crippen LogP contribution in [0.4, 0.5) is 0 Å². The van der Waals surface area contributed by atoms with E-state index in [-0.39, 0.29) is 11.9 Å². The maximum atomic E-state index is 11.7. The van der Waals surface area contributed by atoms with Crippen molar-refractivity contribution in [2.75, 3.05) is 13.2 Å². The standard InChI is InChI=1S/C13H26N2O2/c1-3-5-6-11(14)13(16)15-9-10-7-8-17-12(10)4-2/h10-12H,3-9,14H2,1-2H3,(H,15,16). The summed E-state index contributed by atoms with van der Waals surface area (Å²) in [7, 11) is 0. The molecule has 0 saturated carbocycles. The highest BCUT2D eigenvalue weighted by atomic mass is 16.5. The van der Waals surface area contributed by atoms with Crippen LogP contribution in [0.2, 0.25) is 0 Å². The van der Waals surface area contributed by atoms with E-state index in [2.05, 4.69) is 19.2 Å². The second-order valence-electron chi connectivity index (χ2n) is 4.86. The third-order valence-electron chi connectivity index (χ3n) is 3.49. The van der Waals surface area contributed by atoms with Gasteiger partial charge in [0, 0.05) is 19.1 Å². The van der Waals surface area contributed by atoms with E-state index >= 15 is 0 Å². The van der Waals surface area contributed by atoms with E-state index in [1.165, 1.54) is 0 Å². The van der Waals surface area contributed by atoms with E-state index in [0.29, 0.717) is 18.6 Å². The van der Waals surface area contributed by atoms with Crippen LogP contribution in [0.25, 0.3) is 0 Å². The zero-order chi connectivity index (χ0) is 12.7. The number of hydrogen-bond acceptors (Lipinski definition) is 3. The van der Waals surface area contributed by atoms with E-state index in [1.807, 2.05) is 0 Å². The van der Waals surface area contributed by atoms with Gasteiger partial charge < -0.3 is 15.8 Å². The Balaban J connectivity index is 2.22. The molecule has 0 bridgehead atoms. The monoisotopic (exact) mass is 242 g/mol. The lowest BCUT2D eigenvalue weighted by atomic mass is 9.99. The number of amides is 1. The summed E-state index contributed by atoms with van der Waals surface area (Å²) in [5, 5.41) is 2.95. The van der Waals surface area contributed by atoms with Crippen molar-refractivity contribution < 1.29 is 9.53 Å².